The Morgan fingerprint density at radius 1 is 0.328 bits per heavy atom. The van der Waals surface area contributed by atoms with Crippen LogP contribution in [0.2, 0.25) is 0 Å². The zero-order chi connectivity index (χ0) is 48.5. The number of carbonyl (C=O) groups excluding carboxylic acids is 5. The number of unbranched alkanes of at least 4 members (excludes halogenated alkanes) is 10. The monoisotopic (exact) mass is 912 g/mol. The SMILES string of the molecule is [B]N[C@@H](CCCCNC(=O)CC[C@H](NC(=O)CC[C@H](NC(=O)CC[C@H](NC(=O)CC[C@H](NC(=O)CCCCCCCCCCCCC(=O)O)C(=O)O)C(=O)O)C(=O)O)C(=O)O)C(=O)O. The van der Waals surface area contributed by atoms with Crippen molar-refractivity contribution >= 4 is 73.3 Å². The van der Waals surface area contributed by atoms with Gasteiger partial charge in [-0.2, -0.15) is 0 Å². The highest BCUT2D eigenvalue weighted by Gasteiger charge is 2.27. The Balaban J connectivity index is 4.68. The summed E-state index contributed by atoms with van der Waals surface area (Å²) in [6.45, 7) is 0.178. The lowest BCUT2D eigenvalue weighted by atomic mass is 10.0. The van der Waals surface area contributed by atoms with Gasteiger partial charge in [-0.3, -0.25) is 33.6 Å². The van der Waals surface area contributed by atoms with E-state index in [2.05, 4.69) is 31.8 Å². The fourth-order valence-corrected chi connectivity index (χ4v) is 6.24. The van der Waals surface area contributed by atoms with Crippen LogP contribution in [0.15, 0.2) is 0 Å². The highest BCUT2D eigenvalue weighted by molar-refractivity contribution is 6.06. The summed E-state index contributed by atoms with van der Waals surface area (Å²) >= 11 is 0. The van der Waals surface area contributed by atoms with E-state index in [1.54, 1.807) is 0 Å². The first kappa shape index (κ1) is 58.2. The fourth-order valence-electron chi connectivity index (χ4n) is 6.24. The number of carbonyl (C=O) groups is 11. The van der Waals surface area contributed by atoms with Crippen LogP contribution in [-0.4, -0.2) is 141 Å². The lowest BCUT2D eigenvalue weighted by Gasteiger charge is -2.18. The van der Waals surface area contributed by atoms with Crippen molar-refractivity contribution in [2.24, 2.45) is 0 Å². The lowest BCUT2D eigenvalue weighted by Crippen LogP contribution is -2.45. The second-order valence-electron chi connectivity index (χ2n) is 15.3. The van der Waals surface area contributed by atoms with Crippen LogP contribution >= 0.6 is 0 Å². The van der Waals surface area contributed by atoms with Crippen LogP contribution in [0.3, 0.4) is 0 Å². The summed E-state index contributed by atoms with van der Waals surface area (Å²) in [5, 5.41) is 69.4. The maximum Gasteiger partial charge on any atom is 0.326 e. The van der Waals surface area contributed by atoms with Crippen molar-refractivity contribution in [2.45, 2.75) is 178 Å². The predicted octanol–water partition coefficient (Wildman–Crippen LogP) is 0.563. The van der Waals surface area contributed by atoms with Crippen LogP contribution < -0.4 is 31.8 Å². The molecule has 23 nitrogen and oxygen atoms in total. The molecule has 12 N–H and O–H groups in total. The fraction of sp³-hybridized carbons (Fsp3) is 0.725. The first-order chi connectivity index (χ1) is 30.3. The van der Waals surface area contributed by atoms with Crippen molar-refractivity contribution in [3.05, 3.63) is 0 Å². The number of aliphatic carboxylic acids is 6. The molecule has 0 aliphatic carbocycles. The first-order valence-corrected chi connectivity index (χ1v) is 21.5. The summed E-state index contributed by atoms with van der Waals surface area (Å²) in [5.41, 5.74) is 0. The molecule has 0 aliphatic heterocycles. The number of amides is 5. The molecule has 0 aromatic rings. The van der Waals surface area contributed by atoms with Crippen LogP contribution in [0, 0.1) is 0 Å². The molecule has 0 aliphatic rings. The Kier molecular flexibility index (Phi) is 31.5. The number of hydrogen-bond acceptors (Lipinski definition) is 12. The quantitative estimate of drug-likeness (QED) is 0.0295. The standard InChI is InChI=1S/C40H65BN6O17/c41-47-29(40(63)64)13-11-12-24-42-30(48)20-16-25(36(55)56)44-32(50)22-18-27(38(59)60)46-34(52)23-19-28(39(61)62)45-33(51)21-17-26(37(57)58)43-31(49)14-9-7-5-3-1-2-4-6-8-10-15-35(53)54/h25-29,47H,1-24H2,(H,42,48)(H,43,49)(H,44,50)(H,45,51)(H,46,52)(H,53,54)(H,55,56)(H,57,58)(H,59,60)(H,61,62)(H,63,64)/t25-,26-,27-,28-,29-/m0/s1. The smallest absolute Gasteiger partial charge is 0.326 e. The summed E-state index contributed by atoms with van der Waals surface area (Å²) in [6.07, 6.45) is 6.48. The van der Waals surface area contributed by atoms with E-state index in [1.165, 1.54) is 0 Å². The molecule has 0 saturated carbocycles. The van der Waals surface area contributed by atoms with Gasteiger partial charge in [0.25, 0.3) is 0 Å². The van der Waals surface area contributed by atoms with Gasteiger partial charge in [-0.1, -0.05) is 51.4 Å². The van der Waals surface area contributed by atoms with Gasteiger partial charge in [0.2, 0.25) is 29.5 Å². The molecular weight excluding hydrogens is 847 g/mol. The Labute approximate surface area is 372 Å². The second kappa shape index (κ2) is 34.7. The third-order valence-electron chi connectivity index (χ3n) is 9.96. The summed E-state index contributed by atoms with van der Waals surface area (Å²) in [4.78, 5) is 131. The van der Waals surface area contributed by atoms with Crippen LogP contribution in [0.4, 0.5) is 0 Å². The van der Waals surface area contributed by atoms with Gasteiger partial charge < -0.3 is 62.5 Å². The minimum absolute atomic E-state index is 0.0733. The molecule has 0 fully saturated rings. The summed E-state index contributed by atoms with van der Waals surface area (Å²) in [7, 11) is 5.15. The second-order valence-corrected chi connectivity index (χ2v) is 15.3. The molecule has 64 heavy (non-hydrogen) atoms. The molecule has 360 valence electrons. The van der Waals surface area contributed by atoms with E-state index in [9.17, 15) is 73.2 Å². The van der Waals surface area contributed by atoms with E-state index < -0.39 is 128 Å². The normalized spacial score (nSPS) is 13.2. The minimum atomic E-state index is -1.65. The lowest BCUT2D eigenvalue weighted by molar-refractivity contribution is -0.144. The topological polar surface area (TPSA) is 381 Å². The Hall–Kier alpha value is -5.81. The van der Waals surface area contributed by atoms with Crippen molar-refractivity contribution in [3.8, 4) is 0 Å². The molecule has 0 aromatic carbocycles. The van der Waals surface area contributed by atoms with Crippen LogP contribution in [0.1, 0.15) is 148 Å². The largest absolute Gasteiger partial charge is 0.481 e. The van der Waals surface area contributed by atoms with Gasteiger partial charge in [-0.15, -0.1) is 0 Å². The van der Waals surface area contributed by atoms with Gasteiger partial charge in [0, 0.05) is 45.1 Å². The highest BCUT2D eigenvalue weighted by atomic mass is 16.4. The number of rotatable bonds is 40. The van der Waals surface area contributed by atoms with E-state index in [0.29, 0.717) is 25.7 Å². The maximum absolute atomic E-state index is 12.6. The molecule has 0 bridgehead atoms. The minimum Gasteiger partial charge on any atom is -0.481 e. The molecule has 0 aromatic heterocycles. The van der Waals surface area contributed by atoms with Crippen molar-refractivity contribution < 1.29 is 83.4 Å². The summed E-state index contributed by atoms with van der Waals surface area (Å²) in [5.74, 6) is -11.7. The average molecular weight is 913 g/mol. The maximum atomic E-state index is 12.6. The Morgan fingerprint density at radius 3 is 0.938 bits per heavy atom. The van der Waals surface area contributed by atoms with Crippen molar-refractivity contribution in [3.63, 3.8) is 0 Å². The number of hydrogen-bond donors (Lipinski definition) is 12. The molecule has 5 amide bonds. The van der Waals surface area contributed by atoms with Crippen LogP contribution in [-0.2, 0) is 52.7 Å². The number of carboxylic acid groups (broad SMARTS) is 6. The number of nitrogens with one attached hydrogen (secondary N) is 6. The molecule has 0 unspecified atom stereocenters. The van der Waals surface area contributed by atoms with Gasteiger partial charge in [0.1, 0.15) is 24.2 Å². The van der Waals surface area contributed by atoms with Crippen molar-refractivity contribution in [2.75, 3.05) is 6.54 Å². The predicted molar refractivity (Wildman–Crippen MR) is 225 cm³/mol. The molecule has 2 radical (unpaired) electrons. The van der Waals surface area contributed by atoms with Crippen LogP contribution in [0.25, 0.3) is 0 Å². The van der Waals surface area contributed by atoms with Gasteiger partial charge in [0.15, 0.2) is 7.98 Å². The average Bonchev–Trinajstić information content (AvgIpc) is 3.21. The molecule has 0 saturated heterocycles. The zero-order valence-corrected chi connectivity index (χ0v) is 36.1. The Morgan fingerprint density at radius 2 is 0.625 bits per heavy atom. The van der Waals surface area contributed by atoms with E-state index in [4.69, 9.17) is 18.2 Å². The van der Waals surface area contributed by atoms with E-state index >= 15 is 0 Å². The molecule has 0 heterocycles. The van der Waals surface area contributed by atoms with Crippen molar-refractivity contribution in [1.29, 1.82) is 0 Å². The molecular formula is C40H65BN6O17. The summed E-state index contributed by atoms with van der Waals surface area (Å²) < 4.78 is 0. The van der Waals surface area contributed by atoms with Gasteiger partial charge in [-0.25, -0.2) is 19.2 Å². The van der Waals surface area contributed by atoms with Crippen molar-refractivity contribution in [1.82, 2.24) is 31.8 Å². The van der Waals surface area contributed by atoms with E-state index in [-0.39, 0.29) is 45.1 Å². The van der Waals surface area contributed by atoms with Gasteiger partial charge in [0.05, 0.1) is 6.04 Å². The third-order valence-corrected chi connectivity index (χ3v) is 9.96. The molecule has 0 spiro atoms. The molecule has 24 heteroatoms. The molecule has 5 atom stereocenters. The van der Waals surface area contributed by atoms with Crippen LogP contribution in [0.5, 0.6) is 0 Å². The first-order valence-electron chi connectivity index (χ1n) is 21.5. The number of carboxylic acids is 6. The third kappa shape index (κ3) is 30.3. The Bertz CT molecular complexity index is 1550. The summed E-state index contributed by atoms with van der Waals surface area (Å²) in [6, 6.07) is -7.16. The van der Waals surface area contributed by atoms with Gasteiger partial charge >= 0.3 is 35.8 Å². The molecule has 0 rings (SSSR count). The van der Waals surface area contributed by atoms with Gasteiger partial charge in [-0.05, 0) is 57.8 Å². The van der Waals surface area contributed by atoms with E-state index in [1.807, 2.05) is 0 Å². The zero-order valence-electron chi connectivity index (χ0n) is 36.1. The highest BCUT2D eigenvalue weighted by Crippen LogP contribution is 2.13. The van der Waals surface area contributed by atoms with E-state index in [0.717, 1.165) is 51.4 Å².